The molecule has 1 aliphatic heterocycles. The van der Waals surface area contributed by atoms with Gasteiger partial charge in [0, 0.05) is 17.7 Å². The molecular weight excluding hydrogens is 438 g/mol. The van der Waals surface area contributed by atoms with E-state index in [2.05, 4.69) is 26.3 Å². The number of nitrogens with zero attached hydrogens (tertiary/aromatic N) is 2. The van der Waals surface area contributed by atoms with Crippen molar-refractivity contribution in [1.82, 2.24) is 5.43 Å². The second-order valence-corrected chi connectivity index (χ2v) is 7.91. The van der Waals surface area contributed by atoms with E-state index < -0.39 is 12.0 Å². The first kappa shape index (κ1) is 21.1. The highest BCUT2D eigenvalue weighted by atomic mass is 79.9. The number of amidine groups is 1. The van der Waals surface area contributed by atoms with E-state index in [-0.39, 0.29) is 11.8 Å². The van der Waals surface area contributed by atoms with Crippen molar-refractivity contribution >= 4 is 39.3 Å². The zero-order valence-corrected chi connectivity index (χ0v) is 18.3. The van der Waals surface area contributed by atoms with Crippen LogP contribution < -0.4 is 5.43 Å². The Morgan fingerprint density at radius 1 is 1.31 bits per heavy atom. The Kier molecular flexibility index (Phi) is 6.44. The summed E-state index contributed by atoms with van der Waals surface area (Å²) in [5, 5.41) is 0. The van der Waals surface area contributed by atoms with Gasteiger partial charge in [-0.05, 0) is 45.0 Å². The molecule has 7 nitrogen and oxygen atoms in total. The quantitative estimate of drug-likeness (QED) is 0.661. The van der Waals surface area contributed by atoms with Crippen LogP contribution in [0.25, 0.3) is 0 Å². The second-order valence-electron chi connectivity index (χ2n) is 7.06. The molecular formula is C21H23BrN3O4+. The summed E-state index contributed by atoms with van der Waals surface area (Å²) in [6.45, 7) is 4.05. The third-order valence-corrected chi connectivity index (χ3v) is 5.20. The van der Waals surface area contributed by atoms with E-state index in [0.29, 0.717) is 39.3 Å². The van der Waals surface area contributed by atoms with Crippen LogP contribution in [0.15, 0.2) is 57.2 Å². The fourth-order valence-electron chi connectivity index (χ4n) is 3.10. The van der Waals surface area contributed by atoms with Crippen LogP contribution in [0.4, 0.5) is 0 Å². The Hall–Kier alpha value is -2.58. The summed E-state index contributed by atoms with van der Waals surface area (Å²) in [6.07, 6.45) is 3.38. The number of halogens is 1. The van der Waals surface area contributed by atoms with Crippen LogP contribution in [0, 0.1) is 5.92 Å². The van der Waals surface area contributed by atoms with Crippen LogP contribution in [-0.2, 0) is 14.3 Å². The van der Waals surface area contributed by atoms with Crippen LogP contribution in [0.5, 0.6) is 0 Å². The summed E-state index contributed by atoms with van der Waals surface area (Å²) >= 11 is 3.37. The maximum atomic E-state index is 13.3. The van der Waals surface area contributed by atoms with E-state index in [1.165, 1.54) is 11.8 Å². The van der Waals surface area contributed by atoms with Gasteiger partial charge >= 0.3 is 11.7 Å². The lowest BCUT2D eigenvalue weighted by atomic mass is 9.97. The molecule has 152 valence electrons. The lowest BCUT2D eigenvalue weighted by Crippen LogP contribution is -2.47. The fraction of sp³-hybridized carbons (Fsp3) is 0.333. The summed E-state index contributed by atoms with van der Waals surface area (Å²) < 4.78 is 12.6. The molecule has 0 saturated heterocycles. The Labute approximate surface area is 177 Å². The first-order valence-electron chi connectivity index (χ1n) is 9.20. The lowest BCUT2D eigenvalue weighted by molar-refractivity contribution is -0.492. The highest BCUT2D eigenvalue weighted by Gasteiger charge is 2.40. The number of nitrogens with one attached hydrogen (secondary N) is 1. The van der Waals surface area contributed by atoms with E-state index in [4.69, 9.17) is 9.47 Å². The van der Waals surface area contributed by atoms with E-state index in [0.717, 1.165) is 0 Å². The van der Waals surface area contributed by atoms with Gasteiger partial charge in [0.1, 0.15) is 17.4 Å². The van der Waals surface area contributed by atoms with Gasteiger partial charge in [0.25, 0.3) is 5.91 Å². The molecule has 0 fully saturated rings. The number of hydrogen-bond donors (Lipinski definition) is 1. The minimum Gasteiger partial charge on any atom is -0.498 e. The standard InChI is InChI=1S/C21H22BrN3O4/c1-12(2)9-19-23-16-11-18(29-4)17(28-3)10-14(16)21(27)25(19)24-20(26)13-7-5-6-8-15(13)22/h5-8,10-12,17H,9H2,1-4H3/p+1. The summed E-state index contributed by atoms with van der Waals surface area (Å²) in [5.74, 6) is 0.507. The number of fused-ring (bicyclic) bond motifs is 1. The Morgan fingerprint density at radius 2 is 2.03 bits per heavy atom. The number of amides is 2. The number of ether oxygens (including phenoxy) is 2. The molecule has 1 N–H and O–H groups in total. The number of methoxy groups -OCH3 is 2. The average Bonchev–Trinajstić information content (AvgIpc) is 2.69. The number of hydrogen-bond acceptors (Lipinski definition) is 5. The summed E-state index contributed by atoms with van der Waals surface area (Å²) in [5.41, 5.74) is 3.99. The largest absolute Gasteiger partial charge is 0.498 e. The molecule has 3 rings (SSSR count). The molecule has 1 aliphatic carbocycles. The minimum absolute atomic E-state index is 0.233. The molecule has 0 aromatic heterocycles. The van der Waals surface area contributed by atoms with Gasteiger partial charge < -0.3 is 9.47 Å². The molecule has 1 aromatic rings. The van der Waals surface area contributed by atoms with Crippen LogP contribution >= 0.6 is 15.9 Å². The van der Waals surface area contributed by atoms with Gasteiger partial charge in [-0.2, -0.15) is 5.43 Å². The van der Waals surface area contributed by atoms with Crippen molar-refractivity contribution < 1.29 is 23.7 Å². The molecule has 0 radical (unpaired) electrons. The van der Waals surface area contributed by atoms with E-state index in [1.807, 2.05) is 19.9 Å². The monoisotopic (exact) mass is 460 g/mol. The van der Waals surface area contributed by atoms with E-state index in [9.17, 15) is 9.59 Å². The van der Waals surface area contributed by atoms with Gasteiger partial charge in [-0.3, -0.25) is 4.79 Å². The van der Waals surface area contributed by atoms with Gasteiger partial charge in [0.05, 0.1) is 19.1 Å². The molecule has 1 aromatic carbocycles. The summed E-state index contributed by atoms with van der Waals surface area (Å²) in [4.78, 5) is 30.7. The zero-order chi connectivity index (χ0) is 21.1. The van der Waals surface area contributed by atoms with Gasteiger partial charge in [-0.25, -0.2) is 4.79 Å². The van der Waals surface area contributed by atoms with Gasteiger partial charge in [-0.15, -0.1) is 0 Å². The van der Waals surface area contributed by atoms with E-state index >= 15 is 0 Å². The van der Waals surface area contributed by atoms with Crippen LogP contribution in [0.1, 0.15) is 30.6 Å². The molecule has 1 heterocycles. The van der Waals surface area contributed by atoms with Crippen LogP contribution in [0.2, 0.25) is 0 Å². The normalized spacial score (nSPS) is 18.8. The van der Waals surface area contributed by atoms with Crippen LogP contribution in [-0.4, -0.2) is 48.4 Å². The molecule has 0 spiro atoms. The van der Waals surface area contributed by atoms with Crippen molar-refractivity contribution in [3.63, 3.8) is 0 Å². The summed E-state index contributed by atoms with van der Waals surface area (Å²) in [7, 11) is 3.08. The minimum atomic E-state index is -0.495. The Morgan fingerprint density at radius 3 is 2.66 bits per heavy atom. The van der Waals surface area contributed by atoms with Gasteiger partial charge in [0.2, 0.25) is 0 Å². The number of rotatable bonds is 6. The molecule has 29 heavy (non-hydrogen) atoms. The number of carbonyl (C=O) groups excluding carboxylic acids is 2. The van der Waals surface area contributed by atoms with E-state index in [1.54, 1.807) is 37.5 Å². The molecule has 2 amide bonds. The average molecular weight is 461 g/mol. The highest BCUT2D eigenvalue weighted by molar-refractivity contribution is 9.10. The first-order valence-corrected chi connectivity index (χ1v) is 10.00. The topological polar surface area (TPSA) is 80.0 Å². The Balaban J connectivity index is 2.04. The second kappa shape index (κ2) is 8.84. The van der Waals surface area contributed by atoms with Crippen molar-refractivity contribution in [1.29, 1.82) is 0 Å². The van der Waals surface area contributed by atoms with Crippen molar-refractivity contribution in [3.05, 3.63) is 57.8 Å². The third kappa shape index (κ3) is 4.38. The fourth-order valence-corrected chi connectivity index (χ4v) is 3.56. The molecule has 0 saturated carbocycles. The number of hydrazone groups is 1. The number of allylic oxidation sites excluding steroid dienone is 1. The number of benzene rings is 1. The third-order valence-electron chi connectivity index (χ3n) is 4.51. The first-order chi connectivity index (χ1) is 13.8. The number of carbonyl (C=O) groups is 2. The molecule has 0 bridgehead atoms. The SMILES string of the molecule is COC1=CC2=NC(CC(C)C)=[N+](NC(=O)c3ccccc3Br)C(=O)C2=CC1OC. The smallest absolute Gasteiger partial charge is 0.368 e. The lowest BCUT2D eigenvalue weighted by Gasteiger charge is -2.22. The van der Waals surface area contributed by atoms with Gasteiger partial charge in [0.15, 0.2) is 5.71 Å². The number of hydrazine groups is 1. The Bertz CT molecular complexity index is 976. The van der Waals surface area contributed by atoms with Crippen LogP contribution in [0.3, 0.4) is 0 Å². The van der Waals surface area contributed by atoms with Crippen molar-refractivity contribution in [2.75, 3.05) is 14.2 Å². The van der Waals surface area contributed by atoms with Crippen molar-refractivity contribution in [3.8, 4) is 0 Å². The zero-order valence-electron chi connectivity index (χ0n) is 16.7. The van der Waals surface area contributed by atoms with Crippen molar-refractivity contribution in [2.24, 2.45) is 10.9 Å². The maximum absolute atomic E-state index is 13.3. The number of aliphatic imine (C=N–C) groups is 1. The maximum Gasteiger partial charge on any atom is 0.368 e. The predicted octanol–water partition coefficient (Wildman–Crippen LogP) is 3.02. The molecule has 8 heteroatoms. The predicted molar refractivity (Wildman–Crippen MR) is 113 cm³/mol. The van der Waals surface area contributed by atoms with Gasteiger partial charge in [-0.1, -0.05) is 30.7 Å². The molecule has 1 atom stereocenters. The van der Waals surface area contributed by atoms with Crippen molar-refractivity contribution in [2.45, 2.75) is 26.4 Å². The molecule has 2 aliphatic rings. The summed E-state index contributed by atoms with van der Waals surface area (Å²) in [6, 6.07) is 7.03. The highest BCUT2D eigenvalue weighted by Crippen LogP contribution is 2.24. The molecule has 1 unspecified atom stereocenters.